The molecule has 0 amide bonds. The first-order valence-electron chi connectivity index (χ1n) is 4.61. The average Bonchev–Trinajstić information content (AvgIpc) is 2.63. The highest BCUT2D eigenvalue weighted by molar-refractivity contribution is 5.44. The third kappa shape index (κ3) is 1.41. The minimum absolute atomic E-state index is 0.591. The molecular formula is C10H13N3. The summed E-state index contributed by atoms with van der Waals surface area (Å²) in [6, 6.07) is 4.20. The van der Waals surface area contributed by atoms with Crippen molar-refractivity contribution in [2.45, 2.75) is 26.2 Å². The lowest BCUT2D eigenvalue weighted by Crippen LogP contribution is -1.95. The van der Waals surface area contributed by atoms with Gasteiger partial charge in [-0.3, -0.25) is 0 Å². The average molecular weight is 175 g/mol. The summed E-state index contributed by atoms with van der Waals surface area (Å²) in [6.45, 7) is 4.41. The van der Waals surface area contributed by atoms with E-state index in [-0.39, 0.29) is 0 Å². The van der Waals surface area contributed by atoms with E-state index in [0.29, 0.717) is 5.92 Å². The van der Waals surface area contributed by atoms with Gasteiger partial charge in [0.2, 0.25) is 0 Å². The predicted molar refractivity (Wildman–Crippen MR) is 51.7 cm³/mol. The first-order chi connectivity index (χ1) is 6.31. The van der Waals surface area contributed by atoms with Crippen molar-refractivity contribution in [2.75, 3.05) is 0 Å². The zero-order valence-corrected chi connectivity index (χ0v) is 7.94. The summed E-state index contributed by atoms with van der Waals surface area (Å²) in [4.78, 5) is 0. The Morgan fingerprint density at radius 1 is 1.46 bits per heavy atom. The van der Waals surface area contributed by atoms with Crippen LogP contribution in [0.2, 0.25) is 0 Å². The zero-order valence-electron chi connectivity index (χ0n) is 7.94. The number of rotatable bonds is 2. The molecule has 0 aromatic carbocycles. The van der Waals surface area contributed by atoms with Crippen LogP contribution in [0, 0.1) is 0 Å². The molecule has 0 bridgehead atoms. The monoisotopic (exact) mass is 175 g/mol. The molecule has 2 aromatic heterocycles. The molecule has 3 nitrogen and oxygen atoms in total. The predicted octanol–water partition coefficient (Wildman–Crippen LogP) is 2.24. The highest BCUT2D eigenvalue weighted by Crippen LogP contribution is 2.18. The molecule has 0 aliphatic rings. The molecule has 0 spiro atoms. The van der Waals surface area contributed by atoms with Gasteiger partial charge in [-0.05, 0) is 24.0 Å². The maximum atomic E-state index is 3.96. The van der Waals surface area contributed by atoms with Gasteiger partial charge < -0.3 is 0 Å². The molecule has 0 aliphatic heterocycles. The molecular weight excluding hydrogens is 162 g/mol. The third-order valence-corrected chi connectivity index (χ3v) is 2.50. The molecule has 2 heterocycles. The van der Waals surface area contributed by atoms with E-state index in [1.165, 1.54) is 5.56 Å². The third-order valence-electron chi connectivity index (χ3n) is 2.50. The van der Waals surface area contributed by atoms with E-state index in [1.54, 1.807) is 6.20 Å². The SMILES string of the molecule is CCC(C)c1ccc2cnnn2c1. The van der Waals surface area contributed by atoms with Crippen LogP contribution in [0.25, 0.3) is 5.52 Å². The lowest BCUT2D eigenvalue weighted by atomic mass is 10.0. The number of hydrogen-bond donors (Lipinski definition) is 0. The topological polar surface area (TPSA) is 30.2 Å². The fraction of sp³-hybridized carbons (Fsp3) is 0.400. The van der Waals surface area contributed by atoms with Gasteiger partial charge in [0.05, 0.1) is 11.7 Å². The molecule has 0 radical (unpaired) electrons. The van der Waals surface area contributed by atoms with Crippen LogP contribution >= 0.6 is 0 Å². The molecule has 0 aliphatic carbocycles. The van der Waals surface area contributed by atoms with Crippen molar-refractivity contribution in [1.82, 2.24) is 14.8 Å². The van der Waals surface area contributed by atoms with E-state index in [1.807, 2.05) is 4.52 Å². The summed E-state index contributed by atoms with van der Waals surface area (Å²) in [5.74, 6) is 0.591. The van der Waals surface area contributed by atoms with E-state index in [0.717, 1.165) is 11.9 Å². The van der Waals surface area contributed by atoms with E-state index < -0.39 is 0 Å². The summed E-state index contributed by atoms with van der Waals surface area (Å²) in [6.07, 6.45) is 4.97. The van der Waals surface area contributed by atoms with Crippen LogP contribution in [0.5, 0.6) is 0 Å². The van der Waals surface area contributed by atoms with Gasteiger partial charge in [-0.15, -0.1) is 5.10 Å². The largest absolute Gasteiger partial charge is 0.220 e. The van der Waals surface area contributed by atoms with E-state index >= 15 is 0 Å². The maximum Gasteiger partial charge on any atom is 0.0865 e. The van der Waals surface area contributed by atoms with Crippen LogP contribution < -0.4 is 0 Å². The Hall–Kier alpha value is -1.38. The minimum Gasteiger partial charge on any atom is -0.220 e. The van der Waals surface area contributed by atoms with Crippen molar-refractivity contribution in [3.8, 4) is 0 Å². The van der Waals surface area contributed by atoms with Gasteiger partial charge in [0.1, 0.15) is 0 Å². The van der Waals surface area contributed by atoms with Crippen molar-refractivity contribution in [3.05, 3.63) is 30.1 Å². The molecule has 2 rings (SSSR count). The van der Waals surface area contributed by atoms with Gasteiger partial charge >= 0.3 is 0 Å². The Bertz CT molecular complexity index is 405. The van der Waals surface area contributed by atoms with E-state index in [4.69, 9.17) is 0 Å². The molecule has 1 atom stereocenters. The first kappa shape index (κ1) is 8.23. The normalized spacial score (nSPS) is 13.4. The van der Waals surface area contributed by atoms with E-state index in [9.17, 15) is 0 Å². The maximum absolute atomic E-state index is 3.96. The van der Waals surface area contributed by atoms with Crippen molar-refractivity contribution < 1.29 is 0 Å². The van der Waals surface area contributed by atoms with E-state index in [2.05, 4.69) is 42.5 Å². The van der Waals surface area contributed by atoms with Crippen LogP contribution in [0.1, 0.15) is 31.7 Å². The highest BCUT2D eigenvalue weighted by atomic mass is 15.4. The summed E-state index contributed by atoms with van der Waals surface area (Å²) in [5.41, 5.74) is 2.37. The van der Waals surface area contributed by atoms with Crippen LogP contribution in [0.15, 0.2) is 24.5 Å². The van der Waals surface area contributed by atoms with Gasteiger partial charge in [0, 0.05) is 6.20 Å². The number of pyridine rings is 1. The van der Waals surface area contributed by atoms with Crippen molar-refractivity contribution in [2.24, 2.45) is 0 Å². The van der Waals surface area contributed by atoms with Crippen molar-refractivity contribution >= 4 is 5.52 Å². The molecule has 0 fully saturated rings. The molecule has 68 valence electrons. The quantitative estimate of drug-likeness (QED) is 0.700. The lowest BCUT2D eigenvalue weighted by Gasteiger charge is -2.07. The van der Waals surface area contributed by atoms with Gasteiger partial charge in [-0.25, -0.2) is 4.52 Å². The smallest absolute Gasteiger partial charge is 0.0865 e. The minimum atomic E-state index is 0.591. The Labute approximate surface area is 77.4 Å². The number of hydrogen-bond acceptors (Lipinski definition) is 2. The van der Waals surface area contributed by atoms with Crippen molar-refractivity contribution in [1.29, 1.82) is 0 Å². The van der Waals surface area contributed by atoms with Crippen LogP contribution in [0.4, 0.5) is 0 Å². The Morgan fingerprint density at radius 3 is 3.08 bits per heavy atom. The standard InChI is InChI=1S/C10H13N3/c1-3-8(2)9-4-5-10-6-11-12-13(10)7-9/h4-8H,3H2,1-2H3. The molecule has 3 heteroatoms. The summed E-state index contributed by atoms with van der Waals surface area (Å²) in [7, 11) is 0. The second kappa shape index (κ2) is 3.17. The molecule has 1 unspecified atom stereocenters. The van der Waals surface area contributed by atoms with Crippen LogP contribution in [-0.2, 0) is 0 Å². The molecule has 2 aromatic rings. The van der Waals surface area contributed by atoms with Crippen molar-refractivity contribution in [3.63, 3.8) is 0 Å². The Kier molecular flexibility index (Phi) is 2.00. The number of aromatic nitrogens is 3. The summed E-state index contributed by atoms with van der Waals surface area (Å²) in [5, 5.41) is 7.80. The Morgan fingerprint density at radius 2 is 2.31 bits per heavy atom. The fourth-order valence-electron chi connectivity index (χ4n) is 1.36. The Balaban J connectivity index is 2.48. The fourth-order valence-corrected chi connectivity index (χ4v) is 1.36. The highest BCUT2D eigenvalue weighted by Gasteiger charge is 2.03. The molecule has 0 saturated carbocycles. The molecule has 0 saturated heterocycles. The van der Waals surface area contributed by atoms with Crippen LogP contribution in [0.3, 0.4) is 0 Å². The summed E-state index contributed by atoms with van der Waals surface area (Å²) < 4.78 is 1.82. The first-order valence-corrected chi connectivity index (χ1v) is 4.61. The zero-order chi connectivity index (χ0) is 9.26. The second-order valence-corrected chi connectivity index (χ2v) is 3.38. The second-order valence-electron chi connectivity index (χ2n) is 3.38. The lowest BCUT2D eigenvalue weighted by molar-refractivity contribution is 0.719. The summed E-state index contributed by atoms with van der Waals surface area (Å²) >= 11 is 0. The van der Waals surface area contributed by atoms with Gasteiger partial charge in [0.15, 0.2) is 0 Å². The van der Waals surface area contributed by atoms with Gasteiger partial charge in [-0.2, -0.15) is 0 Å². The number of fused-ring (bicyclic) bond motifs is 1. The molecule has 0 N–H and O–H groups in total. The number of nitrogens with zero attached hydrogens (tertiary/aromatic N) is 3. The van der Waals surface area contributed by atoms with Gasteiger partial charge in [0.25, 0.3) is 0 Å². The van der Waals surface area contributed by atoms with Gasteiger partial charge in [-0.1, -0.05) is 25.1 Å². The van der Waals surface area contributed by atoms with Crippen LogP contribution in [-0.4, -0.2) is 14.8 Å². The molecule has 13 heavy (non-hydrogen) atoms.